The van der Waals surface area contributed by atoms with Gasteiger partial charge in [0.05, 0.1) is 6.10 Å². The molecule has 3 nitrogen and oxygen atoms in total. The second kappa shape index (κ2) is 11.2. The van der Waals surface area contributed by atoms with Crippen molar-refractivity contribution in [1.29, 1.82) is 0 Å². The number of esters is 1. The number of benzene rings is 1. The van der Waals surface area contributed by atoms with E-state index in [4.69, 9.17) is 9.47 Å². The Morgan fingerprint density at radius 2 is 1.86 bits per heavy atom. The average molecular weight is 481 g/mol. The molecule has 0 N–H and O–H groups in total. The zero-order valence-electron chi connectivity index (χ0n) is 23.0. The summed E-state index contributed by atoms with van der Waals surface area (Å²) in [5.74, 6) is 2.73. The van der Waals surface area contributed by atoms with Gasteiger partial charge < -0.3 is 9.47 Å². The number of hydrogen-bond acceptors (Lipinski definition) is 3. The minimum Gasteiger partial charge on any atom is -0.462 e. The SMILES string of the molecule is CCCCC(C)(c1ccccc1C[C@@H]1CC[C@H](OC)C(C)C1)C1C=C2CC(C)C(OC(C)=O)CC21. The summed E-state index contributed by atoms with van der Waals surface area (Å²) in [6.07, 6.45) is 13.7. The minimum absolute atomic E-state index is 0.0561. The molecule has 0 heterocycles. The number of methoxy groups -OCH3 is 1. The number of carbonyl (C=O) groups excluding carboxylic acids is 1. The van der Waals surface area contributed by atoms with Crippen LogP contribution < -0.4 is 0 Å². The van der Waals surface area contributed by atoms with Crippen LogP contribution in [0.15, 0.2) is 35.9 Å². The highest BCUT2D eigenvalue weighted by Gasteiger charge is 2.49. The van der Waals surface area contributed by atoms with Gasteiger partial charge in [0.25, 0.3) is 0 Å². The lowest BCUT2D eigenvalue weighted by Gasteiger charge is -2.52. The molecule has 2 saturated carbocycles. The molecular weight excluding hydrogens is 432 g/mol. The van der Waals surface area contributed by atoms with Gasteiger partial charge in [-0.25, -0.2) is 0 Å². The number of rotatable bonds is 9. The van der Waals surface area contributed by atoms with E-state index in [2.05, 4.69) is 58.0 Å². The van der Waals surface area contributed by atoms with Crippen molar-refractivity contribution in [1.82, 2.24) is 0 Å². The maximum absolute atomic E-state index is 11.8. The molecule has 35 heavy (non-hydrogen) atoms. The molecule has 2 fully saturated rings. The van der Waals surface area contributed by atoms with E-state index in [1.807, 2.05) is 7.11 Å². The van der Waals surface area contributed by atoms with Crippen molar-refractivity contribution >= 4 is 5.97 Å². The number of carbonyl (C=O) groups is 1. The zero-order chi connectivity index (χ0) is 25.2. The van der Waals surface area contributed by atoms with E-state index in [0.29, 0.717) is 29.8 Å². The molecule has 0 radical (unpaired) electrons. The van der Waals surface area contributed by atoms with E-state index in [1.165, 1.54) is 44.9 Å². The fourth-order valence-electron chi connectivity index (χ4n) is 7.70. The summed E-state index contributed by atoms with van der Waals surface area (Å²) < 4.78 is 11.5. The average Bonchev–Trinajstić information content (AvgIpc) is 2.82. The van der Waals surface area contributed by atoms with Crippen molar-refractivity contribution in [2.24, 2.45) is 29.6 Å². The highest BCUT2D eigenvalue weighted by molar-refractivity contribution is 5.66. The molecule has 0 amide bonds. The van der Waals surface area contributed by atoms with Crippen LogP contribution in [0.25, 0.3) is 0 Å². The smallest absolute Gasteiger partial charge is 0.302 e. The van der Waals surface area contributed by atoms with Crippen LogP contribution in [0, 0.1) is 29.6 Å². The molecule has 1 aromatic carbocycles. The van der Waals surface area contributed by atoms with Gasteiger partial charge >= 0.3 is 5.97 Å². The van der Waals surface area contributed by atoms with E-state index >= 15 is 0 Å². The molecule has 0 bridgehead atoms. The zero-order valence-corrected chi connectivity index (χ0v) is 23.0. The summed E-state index contributed by atoms with van der Waals surface area (Å²) in [6, 6.07) is 9.32. The molecule has 1 aromatic rings. The van der Waals surface area contributed by atoms with Crippen molar-refractivity contribution in [3.05, 3.63) is 47.0 Å². The lowest BCUT2D eigenvalue weighted by molar-refractivity contribution is -0.151. The third-order valence-electron chi connectivity index (χ3n) is 9.73. The number of unbranched alkanes of at least 4 members (excludes halogenated alkanes) is 1. The lowest BCUT2D eigenvalue weighted by atomic mass is 9.52. The highest BCUT2D eigenvalue weighted by Crippen LogP contribution is 2.56. The van der Waals surface area contributed by atoms with E-state index < -0.39 is 0 Å². The molecule has 3 aliphatic carbocycles. The molecule has 8 atom stereocenters. The van der Waals surface area contributed by atoms with Crippen LogP contribution in [0.5, 0.6) is 0 Å². The van der Waals surface area contributed by atoms with E-state index in [0.717, 1.165) is 18.8 Å². The van der Waals surface area contributed by atoms with Crippen LogP contribution in [0.1, 0.15) is 97.1 Å². The van der Waals surface area contributed by atoms with Crippen LogP contribution in [-0.2, 0) is 26.1 Å². The Labute approximate surface area is 214 Å². The van der Waals surface area contributed by atoms with E-state index in [9.17, 15) is 4.79 Å². The van der Waals surface area contributed by atoms with Crippen LogP contribution in [0.4, 0.5) is 0 Å². The number of hydrogen-bond donors (Lipinski definition) is 0. The largest absolute Gasteiger partial charge is 0.462 e. The summed E-state index contributed by atoms with van der Waals surface area (Å²) in [6.45, 7) is 11.0. The van der Waals surface area contributed by atoms with Crippen LogP contribution >= 0.6 is 0 Å². The number of allylic oxidation sites excluding steroid dienone is 2. The molecule has 4 rings (SSSR count). The van der Waals surface area contributed by atoms with Gasteiger partial charge in [-0.15, -0.1) is 0 Å². The first kappa shape index (κ1) is 26.5. The van der Waals surface area contributed by atoms with Gasteiger partial charge in [-0.05, 0) is 91.1 Å². The molecule has 194 valence electrons. The highest BCUT2D eigenvalue weighted by atomic mass is 16.5. The maximum Gasteiger partial charge on any atom is 0.302 e. The molecule has 3 heteroatoms. The van der Waals surface area contributed by atoms with Crippen LogP contribution in [-0.4, -0.2) is 25.3 Å². The molecule has 0 aromatic heterocycles. The lowest BCUT2D eigenvalue weighted by Crippen LogP contribution is -2.47. The third kappa shape index (κ3) is 5.55. The molecule has 3 aliphatic rings. The predicted molar refractivity (Wildman–Crippen MR) is 143 cm³/mol. The summed E-state index contributed by atoms with van der Waals surface area (Å²) in [5, 5.41) is 0. The molecule has 0 spiro atoms. The number of ether oxygens (including phenoxy) is 2. The topological polar surface area (TPSA) is 35.5 Å². The number of fused-ring (bicyclic) bond motifs is 1. The molecule has 6 unspecified atom stereocenters. The first-order chi connectivity index (χ1) is 16.8. The second-order valence-corrected chi connectivity index (χ2v) is 12.3. The Bertz CT molecular complexity index is 904. The van der Waals surface area contributed by atoms with Gasteiger partial charge in [0.1, 0.15) is 6.10 Å². The quantitative estimate of drug-likeness (QED) is 0.269. The van der Waals surface area contributed by atoms with Gasteiger partial charge in [-0.1, -0.05) is 76.5 Å². The van der Waals surface area contributed by atoms with Gasteiger partial charge in [0, 0.05) is 14.0 Å². The van der Waals surface area contributed by atoms with Crippen molar-refractivity contribution in [2.45, 2.75) is 110 Å². The third-order valence-corrected chi connectivity index (χ3v) is 9.73. The first-order valence-corrected chi connectivity index (χ1v) is 14.3. The summed E-state index contributed by atoms with van der Waals surface area (Å²) in [5.41, 5.74) is 4.86. The Balaban J connectivity index is 1.59. The summed E-state index contributed by atoms with van der Waals surface area (Å²) in [7, 11) is 1.87. The molecular formula is C32H48O3. The van der Waals surface area contributed by atoms with Gasteiger partial charge in [-0.3, -0.25) is 4.79 Å². The standard InChI is InChI=1S/C32H48O3/c1-7-8-15-32(5,29-19-26-17-22(3)31(20-27(26)29)35-23(4)33)28-12-10-9-11-25(28)18-24-13-14-30(34-6)21(2)16-24/h9-12,19,21-22,24,27,29-31H,7-8,13-18,20H2,1-6H3/t21?,22?,24-,27?,29?,30+,31?,32?/m1/s1. The normalized spacial score (nSPS) is 34.2. The van der Waals surface area contributed by atoms with E-state index in [1.54, 1.807) is 23.6 Å². The van der Waals surface area contributed by atoms with Crippen molar-refractivity contribution in [3.8, 4) is 0 Å². The maximum atomic E-state index is 11.8. The van der Waals surface area contributed by atoms with Crippen LogP contribution in [0.2, 0.25) is 0 Å². The fraction of sp³-hybridized carbons (Fsp3) is 0.719. The first-order valence-electron chi connectivity index (χ1n) is 14.3. The predicted octanol–water partition coefficient (Wildman–Crippen LogP) is 7.66. The molecule has 0 aliphatic heterocycles. The summed E-state index contributed by atoms with van der Waals surface area (Å²) in [4.78, 5) is 11.8. The summed E-state index contributed by atoms with van der Waals surface area (Å²) >= 11 is 0. The Hall–Kier alpha value is -1.61. The fourth-order valence-corrected chi connectivity index (χ4v) is 7.70. The minimum atomic E-state index is -0.137. The van der Waals surface area contributed by atoms with Crippen molar-refractivity contribution in [3.63, 3.8) is 0 Å². The van der Waals surface area contributed by atoms with Gasteiger partial charge in [-0.2, -0.15) is 0 Å². The van der Waals surface area contributed by atoms with Gasteiger partial charge in [0.2, 0.25) is 0 Å². The van der Waals surface area contributed by atoms with Crippen LogP contribution in [0.3, 0.4) is 0 Å². The monoisotopic (exact) mass is 480 g/mol. The second-order valence-electron chi connectivity index (χ2n) is 12.3. The Morgan fingerprint density at radius 3 is 2.54 bits per heavy atom. The van der Waals surface area contributed by atoms with Gasteiger partial charge in [0.15, 0.2) is 0 Å². The van der Waals surface area contributed by atoms with Crippen molar-refractivity contribution in [2.75, 3.05) is 7.11 Å². The molecule has 0 saturated heterocycles. The Kier molecular flexibility index (Phi) is 8.46. The van der Waals surface area contributed by atoms with Crippen molar-refractivity contribution < 1.29 is 14.3 Å². The van der Waals surface area contributed by atoms with E-state index in [-0.39, 0.29) is 17.5 Å². The Morgan fingerprint density at radius 1 is 1.09 bits per heavy atom.